The number of carbonyl (C=O) groups excluding carboxylic acids is 1. The summed E-state index contributed by atoms with van der Waals surface area (Å²) in [6, 6.07) is 10.4. The van der Waals surface area contributed by atoms with E-state index in [1.165, 1.54) is 6.42 Å². The largest absolute Gasteiger partial charge is 0.423 e. The van der Waals surface area contributed by atoms with Crippen LogP contribution < -0.4 is 10.2 Å². The smallest absolute Gasteiger partial charge is 0.298 e. The van der Waals surface area contributed by atoms with Crippen LogP contribution in [-0.2, 0) is 6.42 Å². The third-order valence-corrected chi connectivity index (χ3v) is 5.85. The zero-order valence-electron chi connectivity index (χ0n) is 16.4. The van der Waals surface area contributed by atoms with Gasteiger partial charge in [-0.15, -0.1) is 0 Å². The molecule has 1 unspecified atom stereocenters. The van der Waals surface area contributed by atoms with Gasteiger partial charge in [0.25, 0.3) is 11.9 Å². The number of anilines is 1. The van der Waals surface area contributed by atoms with E-state index in [9.17, 15) is 4.79 Å². The molecule has 0 radical (unpaired) electrons. The van der Waals surface area contributed by atoms with E-state index in [4.69, 9.17) is 4.42 Å². The van der Waals surface area contributed by atoms with Gasteiger partial charge in [-0.3, -0.25) is 9.78 Å². The molecule has 0 saturated carbocycles. The van der Waals surface area contributed by atoms with Crippen LogP contribution >= 0.6 is 0 Å². The molecule has 1 N–H and O–H groups in total. The van der Waals surface area contributed by atoms with Crippen molar-refractivity contribution in [2.45, 2.75) is 12.8 Å². The molecule has 2 aliphatic rings. The molecular weight excluding hydrogens is 366 g/mol. The van der Waals surface area contributed by atoms with Gasteiger partial charge in [0.1, 0.15) is 5.52 Å². The first-order valence-corrected chi connectivity index (χ1v) is 10.3. The summed E-state index contributed by atoms with van der Waals surface area (Å²) < 4.78 is 5.86. The highest BCUT2D eigenvalue weighted by Crippen LogP contribution is 2.23. The lowest BCUT2D eigenvalue weighted by Crippen LogP contribution is -2.49. The fourth-order valence-electron chi connectivity index (χ4n) is 4.22. The van der Waals surface area contributed by atoms with Gasteiger partial charge in [-0.1, -0.05) is 12.1 Å². The quantitative estimate of drug-likeness (QED) is 0.736. The number of pyridine rings is 1. The Morgan fingerprint density at radius 2 is 2.03 bits per heavy atom. The first kappa shape index (κ1) is 18.1. The first-order chi connectivity index (χ1) is 14.3. The molecule has 7 heteroatoms. The highest BCUT2D eigenvalue weighted by atomic mass is 16.4. The molecule has 2 aliphatic heterocycles. The summed E-state index contributed by atoms with van der Waals surface area (Å²) in [5, 5.41) is 3.39. The van der Waals surface area contributed by atoms with Crippen LogP contribution in [-0.4, -0.2) is 60.0 Å². The lowest BCUT2D eigenvalue weighted by Gasteiger charge is -2.33. The molecule has 29 heavy (non-hydrogen) atoms. The van der Waals surface area contributed by atoms with Crippen molar-refractivity contribution in [3.8, 4) is 0 Å². The molecule has 1 amide bonds. The summed E-state index contributed by atoms with van der Waals surface area (Å²) in [5.74, 6) is 0.697. The van der Waals surface area contributed by atoms with Gasteiger partial charge >= 0.3 is 0 Å². The summed E-state index contributed by atoms with van der Waals surface area (Å²) in [6.45, 7) is 4.85. The van der Waals surface area contributed by atoms with E-state index in [1.807, 2.05) is 41.4 Å². The highest BCUT2D eigenvalue weighted by Gasteiger charge is 2.25. The van der Waals surface area contributed by atoms with Crippen molar-refractivity contribution >= 4 is 23.0 Å². The molecule has 150 valence electrons. The Morgan fingerprint density at radius 1 is 1.17 bits per heavy atom. The Kier molecular flexibility index (Phi) is 4.89. The average Bonchev–Trinajstić information content (AvgIpc) is 3.43. The average molecular weight is 391 g/mol. The van der Waals surface area contributed by atoms with Crippen LogP contribution in [0.5, 0.6) is 0 Å². The minimum Gasteiger partial charge on any atom is -0.423 e. The summed E-state index contributed by atoms with van der Waals surface area (Å²) in [7, 11) is 0. The number of fused-ring (bicyclic) bond motifs is 1. The number of nitrogens with one attached hydrogen (secondary N) is 1. The van der Waals surface area contributed by atoms with Gasteiger partial charge in [0.05, 0.1) is 5.56 Å². The van der Waals surface area contributed by atoms with E-state index in [2.05, 4.69) is 20.2 Å². The Bertz CT molecular complexity index is 970. The molecule has 1 aromatic carbocycles. The molecule has 5 rings (SSSR count). The van der Waals surface area contributed by atoms with E-state index in [1.54, 1.807) is 6.20 Å². The van der Waals surface area contributed by atoms with Gasteiger partial charge in [-0.25, -0.2) is 0 Å². The van der Waals surface area contributed by atoms with Crippen LogP contribution in [0.2, 0.25) is 0 Å². The normalized spacial score (nSPS) is 19.8. The van der Waals surface area contributed by atoms with Crippen LogP contribution in [0.15, 0.2) is 47.1 Å². The number of amides is 1. The number of rotatable bonds is 4. The molecule has 2 fully saturated rings. The fourth-order valence-corrected chi connectivity index (χ4v) is 4.22. The summed E-state index contributed by atoms with van der Waals surface area (Å²) >= 11 is 0. The van der Waals surface area contributed by atoms with E-state index < -0.39 is 0 Å². The molecular formula is C22H25N5O2. The number of hydrogen-bond donors (Lipinski definition) is 1. The molecule has 0 spiro atoms. The van der Waals surface area contributed by atoms with E-state index in [0.717, 1.165) is 36.2 Å². The van der Waals surface area contributed by atoms with Crippen molar-refractivity contribution in [1.29, 1.82) is 0 Å². The molecule has 4 heterocycles. The zero-order chi connectivity index (χ0) is 19.6. The molecule has 3 aromatic rings. The monoisotopic (exact) mass is 391 g/mol. The second-order valence-corrected chi connectivity index (χ2v) is 7.89. The lowest BCUT2D eigenvalue weighted by molar-refractivity contribution is 0.0744. The number of nitrogens with zero attached hydrogens (tertiary/aromatic N) is 4. The van der Waals surface area contributed by atoms with Gasteiger partial charge in [0.15, 0.2) is 5.58 Å². The SMILES string of the molecule is O=C(c1cncc(CC2CCNC2)c1)N1CCN(c2nc3ccccc3o2)CC1. The zero-order valence-corrected chi connectivity index (χ0v) is 16.4. The van der Waals surface area contributed by atoms with Crippen molar-refractivity contribution in [2.24, 2.45) is 5.92 Å². The highest BCUT2D eigenvalue weighted by molar-refractivity contribution is 5.94. The van der Waals surface area contributed by atoms with Gasteiger partial charge in [-0.2, -0.15) is 4.98 Å². The van der Waals surface area contributed by atoms with Gasteiger partial charge in [-0.05, 0) is 55.6 Å². The molecule has 2 aromatic heterocycles. The number of aromatic nitrogens is 2. The van der Waals surface area contributed by atoms with Crippen LogP contribution in [0.3, 0.4) is 0 Å². The van der Waals surface area contributed by atoms with Gasteiger partial charge < -0.3 is 19.5 Å². The third kappa shape index (κ3) is 3.82. The Labute approximate surface area is 169 Å². The van der Waals surface area contributed by atoms with Gasteiger partial charge in [0, 0.05) is 38.6 Å². The maximum absolute atomic E-state index is 13.0. The number of carbonyl (C=O) groups is 1. The Balaban J connectivity index is 1.23. The standard InChI is InChI=1S/C22H25N5O2/c28-21(18-12-17(14-24-15-18)11-16-5-6-23-13-16)26-7-9-27(10-8-26)22-25-19-3-1-2-4-20(19)29-22/h1-4,12,14-16,23H,5-11,13H2. The minimum atomic E-state index is 0.0566. The van der Waals surface area contributed by atoms with Gasteiger partial charge in [0.2, 0.25) is 0 Å². The van der Waals surface area contributed by atoms with Crippen molar-refractivity contribution in [2.75, 3.05) is 44.2 Å². The maximum Gasteiger partial charge on any atom is 0.298 e. The first-order valence-electron chi connectivity index (χ1n) is 10.3. The molecule has 7 nitrogen and oxygen atoms in total. The second kappa shape index (κ2) is 7.83. The molecule has 2 saturated heterocycles. The number of oxazole rings is 1. The number of benzene rings is 1. The van der Waals surface area contributed by atoms with Crippen LogP contribution in [0.4, 0.5) is 6.01 Å². The van der Waals surface area contributed by atoms with Crippen LogP contribution in [0.25, 0.3) is 11.1 Å². The van der Waals surface area contributed by atoms with Crippen molar-refractivity contribution < 1.29 is 9.21 Å². The van der Waals surface area contributed by atoms with Crippen LogP contribution in [0.1, 0.15) is 22.3 Å². The Morgan fingerprint density at radius 3 is 2.83 bits per heavy atom. The van der Waals surface area contributed by atoms with Crippen LogP contribution in [0, 0.1) is 5.92 Å². The lowest BCUT2D eigenvalue weighted by atomic mass is 9.99. The topological polar surface area (TPSA) is 74.5 Å². The third-order valence-electron chi connectivity index (χ3n) is 5.85. The fraction of sp³-hybridized carbons (Fsp3) is 0.409. The molecule has 0 bridgehead atoms. The van der Waals surface area contributed by atoms with E-state index >= 15 is 0 Å². The number of piperazine rings is 1. The van der Waals surface area contributed by atoms with E-state index in [0.29, 0.717) is 43.7 Å². The summed E-state index contributed by atoms with van der Waals surface area (Å²) in [5.41, 5.74) is 3.49. The van der Waals surface area contributed by atoms with Crippen molar-refractivity contribution in [3.63, 3.8) is 0 Å². The second-order valence-electron chi connectivity index (χ2n) is 7.89. The predicted molar refractivity (Wildman–Crippen MR) is 111 cm³/mol. The minimum absolute atomic E-state index is 0.0566. The van der Waals surface area contributed by atoms with Crippen molar-refractivity contribution in [1.82, 2.24) is 20.2 Å². The predicted octanol–water partition coefficient (Wildman–Crippen LogP) is 2.34. The van der Waals surface area contributed by atoms with E-state index in [-0.39, 0.29) is 5.91 Å². The summed E-state index contributed by atoms with van der Waals surface area (Å²) in [4.78, 5) is 25.9. The maximum atomic E-state index is 13.0. The summed E-state index contributed by atoms with van der Waals surface area (Å²) in [6.07, 6.45) is 5.74. The van der Waals surface area contributed by atoms with Crippen molar-refractivity contribution in [3.05, 3.63) is 53.9 Å². The number of para-hydroxylation sites is 2. The Hall–Kier alpha value is -2.93. The molecule has 1 atom stereocenters. The molecule has 0 aliphatic carbocycles. The number of hydrogen-bond acceptors (Lipinski definition) is 6.